The number of amides is 1. The number of carbonyl (C=O) groups excluding carboxylic acids is 1. The number of aromatic nitrogens is 1. The van der Waals surface area contributed by atoms with Gasteiger partial charge in [-0.25, -0.2) is 0 Å². The zero-order chi connectivity index (χ0) is 17.5. The number of halogens is 1. The van der Waals surface area contributed by atoms with Crippen molar-refractivity contribution in [2.75, 3.05) is 0 Å². The van der Waals surface area contributed by atoms with Crippen molar-refractivity contribution in [2.24, 2.45) is 0 Å². The second-order valence-corrected chi connectivity index (χ2v) is 6.37. The van der Waals surface area contributed by atoms with E-state index in [0.29, 0.717) is 18.7 Å². The average molecular weight is 397 g/mol. The molecule has 0 aliphatic carbocycles. The summed E-state index contributed by atoms with van der Waals surface area (Å²) in [4.78, 5) is 16.4. The van der Waals surface area contributed by atoms with Crippen LogP contribution in [0.15, 0.2) is 77.4 Å². The molecule has 5 heteroatoms. The lowest BCUT2D eigenvalue weighted by molar-refractivity contribution is 0.0951. The van der Waals surface area contributed by atoms with Gasteiger partial charge in [-0.05, 0) is 48.0 Å². The van der Waals surface area contributed by atoms with E-state index in [1.165, 1.54) is 0 Å². The standard InChI is InChI=1S/C20H17BrN2O2/c21-17-7-4-6-16(12-17)20(24)23-13-15-5-3-9-19(11-15)25-14-18-8-1-2-10-22-18/h1-12H,13-14H2,(H,23,24). The van der Waals surface area contributed by atoms with E-state index in [1.54, 1.807) is 18.3 Å². The molecule has 0 unspecified atom stereocenters. The predicted molar refractivity (Wildman–Crippen MR) is 100 cm³/mol. The molecule has 1 heterocycles. The molecule has 3 rings (SSSR count). The van der Waals surface area contributed by atoms with E-state index in [2.05, 4.69) is 26.2 Å². The van der Waals surface area contributed by atoms with E-state index < -0.39 is 0 Å². The van der Waals surface area contributed by atoms with Crippen LogP contribution in [0.25, 0.3) is 0 Å². The van der Waals surface area contributed by atoms with E-state index >= 15 is 0 Å². The van der Waals surface area contributed by atoms with Gasteiger partial charge in [0, 0.05) is 22.8 Å². The normalized spacial score (nSPS) is 10.3. The van der Waals surface area contributed by atoms with Gasteiger partial charge in [-0.1, -0.05) is 40.2 Å². The van der Waals surface area contributed by atoms with Crippen molar-refractivity contribution in [1.82, 2.24) is 10.3 Å². The minimum atomic E-state index is -0.110. The largest absolute Gasteiger partial charge is 0.487 e. The summed E-state index contributed by atoms with van der Waals surface area (Å²) in [7, 11) is 0. The fraction of sp³-hybridized carbons (Fsp3) is 0.100. The average Bonchev–Trinajstić information content (AvgIpc) is 2.66. The molecule has 1 amide bonds. The molecule has 0 radical (unpaired) electrons. The van der Waals surface area contributed by atoms with Crippen LogP contribution in [0.1, 0.15) is 21.6 Å². The van der Waals surface area contributed by atoms with Crippen molar-refractivity contribution in [1.29, 1.82) is 0 Å². The van der Waals surface area contributed by atoms with Gasteiger partial charge in [-0.2, -0.15) is 0 Å². The van der Waals surface area contributed by atoms with Gasteiger partial charge >= 0.3 is 0 Å². The Kier molecular flexibility index (Phi) is 5.80. The summed E-state index contributed by atoms with van der Waals surface area (Å²) in [5, 5.41) is 2.92. The molecule has 4 nitrogen and oxygen atoms in total. The van der Waals surface area contributed by atoms with Crippen LogP contribution in [0, 0.1) is 0 Å². The Morgan fingerprint density at radius 2 is 1.92 bits per heavy atom. The molecule has 0 fully saturated rings. The number of nitrogens with zero attached hydrogens (tertiary/aromatic N) is 1. The van der Waals surface area contributed by atoms with Crippen molar-refractivity contribution in [3.63, 3.8) is 0 Å². The Balaban J connectivity index is 1.57. The lowest BCUT2D eigenvalue weighted by Crippen LogP contribution is -2.22. The third kappa shape index (κ3) is 5.16. The summed E-state index contributed by atoms with van der Waals surface area (Å²) in [6.45, 7) is 0.848. The second kappa shape index (κ2) is 8.44. The van der Waals surface area contributed by atoms with Crippen molar-refractivity contribution in [2.45, 2.75) is 13.2 Å². The molecule has 0 saturated carbocycles. The first-order chi connectivity index (χ1) is 12.2. The van der Waals surface area contributed by atoms with Gasteiger partial charge < -0.3 is 10.1 Å². The van der Waals surface area contributed by atoms with Crippen molar-refractivity contribution < 1.29 is 9.53 Å². The molecule has 0 aliphatic rings. The van der Waals surface area contributed by atoms with Crippen LogP contribution in [0.2, 0.25) is 0 Å². The summed E-state index contributed by atoms with van der Waals surface area (Å²) in [6.07, 6.45) is 1.74. The maximum Gasteiger partial charge on any atom is 0.251 e. The van der Waals surface area contributed by atoms with E-state index in [-0.39, 0.29) is 5.91 Å². The molecule has 0 spiro atoms. The van der Waals surface area contributed by atoms with Crippen molar-refractivity contribution in [3.05, 3.63) is 94.2 Å². The predicted octanol–water partition coefficient (Wildman–Crippen LogP) is 4.35. The highest BCUT2D eigenvalue weighted by molar-refractivity contribution is 9.10. The van der Waals surface area contributed by atoms with Gasteiger partial charge in [0.15, 0.2) is 0 Å². The fourth-order valence-corrected chi connectivity index (χ4v) is 2.70. The van der Waals surface area contributed by atoms with Gasteiger partial charge in [0.25, 0.3) is 5.91 Å². The van der Waals surface area contributed by atoms with Gasteiger partial charge in [-0.15, -0.1) is 0 Å². The number of pyridine rings is 1. The van der Waals surface area contributed by atoms with Gasteiger partial charge in [0.05, 0.1) is 5.69 Å². The molecule has 126 valence electrons. The minimum absolute atomic E-state index is 0.110. The Hall–Kier alpha value is -2.66. The first-order valence-corrected chi connectivity index (χ1v) is 8.65. The molecule has 25 heavy (non-hydrogen) atoms. The van der Waals surface area contributed by atoms with Gasteiger partial charge in [0.1, 0.15) is 12.4 Å². The zero-order valence-electron chi connectivity index (χ0n) is 13.5. The monoisotopic (exact) mass is 396 g/mol. The van der Waals surface area contributed by atoms with E-state index in [0.717, 1.165) is 21.5 Å². The lowest BCUT2D eigenvalue weighted by atomic mass is 10.2. The van der Waals surface area contributed by atoms with Gasteiger partial charge in [0.2, 0.25) is 0 Å². The number of hydrogen-bond acceptors (Lipinski definition) is 3. The van der Waals surface area contributed by atoms with Crippen molar-refractivity contribution >= 4 is 21.8 Å². The summed E-state index contributed by atoms with van der Waals surface area (Å²) in [5.74, 6) is 0.640. The molecule has 0 aliphatic heterocycles. The fourth-order valence-electron chi connectivity index (χ4n) is 2.30. The molecular weight excluding hydrogens is 380 g/mol. The van der Waals surface area contributed by atoms with Crippen LogP contribution in [-0.4, -0.2) is 10.9 Å². The SMILES string of the molecule is O=C(NCc1cccc(OCc2ccccn2)c1)c1cccc(Br)c1. The summed E-state index contributed by atoms with van der Waals surface area (Å²) < 4.78 is 6.64. The first-order valence-electron chi connectivity index (χ1n) is 7.86. The van der Waals surface area contributed by atoms with Crippen LogP contribution in [0.5, 0.6) is 5.75 Å². The van der Waals surface area contributed by atoms with Crippen molar-refractivity contribution in [3.8, 4) is 5.75 Å². The van der Waals surface area contributed by atoms with Crippen LogP contribution in [-0.2, 0) is 13.2 Å². The van der Waals surface area contributed by atoms with Gasteiger partial charge in [-0.3, -0.25) is 9.78 Å². The molecular formula is C20H17BrN2O2. The van der Waals surface area contributed by atoms with E-state index in [1.807, 2.05) is 54.6 Å². The summed E-state index contributed by atoms with van der Waals surface area (Å²) >= 11 is 3.37. The Bertz CT molecular complexity index is 853. The highest BCUT2D eigenvalue weighted by Gasteiger charge is 2.06. The molecule has 2 aromatic carbocycles. The molecule has 0 bridgehead atoms. The topological polar surface area (TPSA) is 51.2 Å². The summed E-state index contributed by atoms with van der Waals surface area (Å²) in [6, 6.07) is 20.7. The van der Waals surface area contributed by atoms with Crippen LogP contribution < -0.4 is 10.1 Å². The smallest absolute Gasteiger partial charge is 0.251 e. The zero-order valence-corrected chi connectivity index (χ0v) is 15.1. The molecule has 1 N–H and O–H groups in total. The molecule has 1 aromatic heterocycles. The highest BCUT2D eigenvalue weighted by atomic mass is 79.9. The number of carbonyl (C=O) groups is 1. The van der Waals surface area contributed by atoms with Crippen LogP contribution >= 0.6 is 15.9 Å². The van der Waals surface area contributed by atoms with E-state index in [9.17, 15) is 4.79 Å². The summed E-state index contributed by atoms with van der Waals surface area (Å²) in [5.41, 5.74) is 2.47. The maximum absolute atomic E-state index is 12.2. The van der Waals surface area contributed by atoms with Crippen LogP contribution in [0.3, 0.4) is 0 Å². The Labute approximate surface area is 155 Å². The number of nitrogens with one attached hydrogen (secondary N) is 1. The number of rotatable bonds is 6. The second-order valence-electron chi connectivity index (χ2n) is 5.45. The number of hydrogen-bond donors (Lipinski definition) is 1. The minimum Gasteiger partial charge on any atom is -0.487 e. The Morgan fingerprint density at radius 1 is 1.04 bits per heavy atom. The Morgan fingerprint density at radius 3 is 2.72 bits per heavy atom. The molecule has 0 saturated heterocycles. The number of benzene rings is 2. The number of ether oxygens (including phenoxy) is 1. The van der Waals surface area contributed by atoms with E-state index in [4.69, 9.17) is 4.74 Å². The third-order valence-electron chi connectivity index (χ3n) is 3.55. The van der Waals surface area contributed by atoms with Crippen LogP contribution in [0.4, 0.5) is 0 Å². The quantitative estimate of drug-likeness (QED) is 0.673. The lowest BCUT2D eigenvalue weighted by Gasteiger charge is -2.09. The highest BCUT2D eigenvalue weighted by Crippen LogP contribution is 2.15. The first kappa shape index (κ1) is 17.2. The maximum atomic E-state index is 12.2. The third-order valence-corrected chi connectivity index (χ3v) is 4.04. The molecule has 3 aromatic rings. The molecule has 0 atom stereocenters.